The molecule has 1 aliphatic rings. The third kappa shape index (κ3) is 5.01. The number of rotatable bonds is 6. The Kier molecular flexibility index (Phi) is 6.44. The SMILES string of the molecule is Cc1cc(NC(=O)C(Nc2ccc3cnccc3c2)c2ccccc2)ccc1N1CCCCC1=O. The smallest absolute Gasteiger partial charge is 0.251 e. The minimum Gasteiger partial charge on any atom is -0.370 e. The van der Waals surface area contributed by atoms with Crippen molar-refractivity contribution in [1.29, 1.82) is 0 Å². The van der Waals surface area contributed by atoms with Gasteiger partial charge in [0.05, 0.1) is 0 Å². The number of nitrogens with one attached hydrogen (secondary N) is 2. The first kappa shape index (κ1) is 22.6. The molecule has 0 aliphatic carbocycles. The van der Waals surface area contributed by atoms with Gasteiger partial charge in [-0.3, -0.25) is 14.6 Å². The van der Waals surface area contributed by atoms with Crippen LogP contribution in [0.3, 0.4) is 0 Å². The van der Waals surface area contributed by atoms with E-state index in [4.69, 9.17) is 0 Å². The molecule has 35 heavy (non-hydrogen) atoms. The molecular weight excluding hydrogens is 436 g/mol. The van der Waals surface area contributed by atoms with Crippen LogP contribution in [0.25, 0.3) is 10.8 Å². The summed E-state index contributed by atoms with van der Waals surface area (Å²) in [6, 6.07) is 22.8. The number of benzene rings is 3. The van der Waals surface area contributed by atoms with Crippen LogP contribution in [0.2, 0.25) is 0 Å². The number of anilines is 3. The van der Waals surface area contributed by atoms with E-state index < -0.39 is 6.04 Å². The molecule has 1 aromatic heterocycles. The minimum absolute atomic E-state index is 0.160. The molecule has 6 nitrogen and oxygen atoms in total. The molecule has 1 saturated heterocycles. The fourth-order valence-corrected chi connectivity index (χ4v) is 4.60. The lowest BCUT2D eigenvalue weighted by Crippen LogP contribution is -2.35. The highest BCUT2D eigenvalue weighted by molar-refractivity contribution is 5.99. The Balaban J connectivity index is 1.38. The molecule has 2 N–H and O–H groups in total. The van der Waals surface area contributed by atoms with E-state index in [1.54, 1.807) is 6.20 Å². The molecule has 1 unspecified atom stereocenters. The highest BCUT2D eigenvalue weighted by Crippen LogP contribution is 2.29. The number of carbonyl (C=O) groups is 2. The Bertz CT molecular complexity index is 1370. The van der Waals surface area contributed by atoms with E-state index in [2.05, 4.69) is 15.6 Å². The van der Waals surface area contributed by atoms with Crippen LogP contribution < -0.4 is 15.5 Å². The Morgan fingerprint density at radius 1 is 0.943 bits per heavy atom. The van der Waals surface area contributed by atoms with Gasteiger partial charge in [0.1, 0.15) is 6.04 Å². The van der Waals surface area contributed by atoms with E-state index in [9.17, 15) is 9.59 Å². The number of aromatic nitrogens is 1. The summed E-state index contributed by atoms with van der Waals surface area (Å²) in [5, 5.41) is 8.57. The second kappa shape index (κ2) is 9.97. The first-order chi connectivity index (χ1) is 17.1. The van der Waals surface area contributed by atoms with Gasteiger partial charge >= 0.3 is 0 Å². The number of pyridine rings is 1. The van der Waals surface area contributed by atoms with Crippen molar-refractivity contribution < 1.29 is 9.59 Å². The number of amides is 2. The van der Waals surface area contributed by atoms with Gasteiger partial charge in [0, 0.05) is 47.8 Å². The van der Waals surface area contributed by atoms with Crippen molar-refractivity contribution in [3.63, 3.8) is 0 Å². The van der Waals surface area contributed by atoms with Crippen LogP contribution in [-0.2, 0) is 9.59 Å². The van der Waals surface area contributed by atoms with Crippen molar-refractivity contribution in [2.45, 2.75) is 32.2 Å². The van der Waals surface area contributed by atoms with Crippen molar-refractivity contribution in [3.05, 3.63) is 96.3 Å². The standard InChI is InChI=1S/C29H28N4O2/c1-20-17-24(12-13-26(20)33-16-6-5-9-27(33)34)32-29(35)28(21-7-3-2-4-8-21)31-25-11-10-23-19-30-15-14-22(23)18-25/h2-4,7-8,10-15,17-19,28,31H,5-6,9,16H2,1H3,(H,32,35). The normalized spacial score (nSPS) is 14.5. The molecule has 3 aromatic carbocycles. The molecule has 1 fully saturated rings. The molecule has 6 heteroatoms. The molecule has 0 radical (unpaired) electrons. The number of hydrogen-bond donors (Lipinski definition) is 2. The van der Waals surface area contributed by atoms with Gasteiger partial charge in [-0.15, -0.1) is 0 Å². The Hall–Kier alpha value is -4.19. The van der Waals surface area contributed by atoms with Gasteiger partial charge in [0.2, 0.25) is 5.91 Å². The zero-order valence-corrected chi connectivity index (χ0v) is 19.7. The lowest BCUT2D eigenvalue weighted by Gasteiger charge is -2.28. The zero-order valence-electron chi connectivity index (χ0n) is 19.7. The number of aryl methyl sites for hydroxylation is 1. The summed E-state index contributed by atoms with van der Waals surface area (Å²) < 4.78 is 0. The van der Waals surface area contributed by atoms with E-state index in [0.29, 0.717) is 12.1 Å². The average molecular weight is 465 g/mol. The molecule has 0 bridgehead atoms. The molecule has 1 atom stereocenters. The quantitative estimate of drug-likeness (QED) is 0.375. The van der Waals surface area contributed by atoms with Crippen LogP contribution in [-0.4, -0.2) is 23.3 Å². The number of nitrogens with zero attached hydrogens (tertiary/aromatic N) is 2. The van der Waals surface area contributed by atoms with Crippen molar-refractivity contribution in [1.82, 2.24) is 4.98 Å². The Labute approximate surface area is 205 Å². The first-order valence-corrected chi connectivity index (χ1v) is 12.0. The molecule has 0 saturated carbocycles. The van der Waals surface area contributed by atoms with Crippen LogP contribution in [0.5, 0.6) is 0 Å². The maximum Gasteiger partial charge on any atom is 0.251 e. The van der Waals surface area contributed by atoms with Gasteiger partial charge in [-0.2, -0.15) is 0 Å². The van der Waals surface area contributed by atoms with Gasteiger partial charge in [0.25, 0.3) is 5.91 Å². The molecule has 0 spiro atoms. The number of hydrogen-bond acceptors (Lipinski definition) is 4. The fraction of sp³-hybridized carbons (Fsp3) is 0.207. The third-order valence-corrected chi connectivity index (χ3v) is 6.43. The molecule has 1 aliphatic heterocycles. The van der Waals surface area contributed by atoms with Gasteiger partial charge in [-0.1, -0.05) is 36.4 Å². The summed E-state index contributed by atoms with van der Waals surface area (Å²) in [4.78, 5) is 31.9. The van der Waals surface area contributed by atoms with E-state index in [1.807, 2.05) is 90.8 Å². The topological polar surface area (TPSA) is 74.3 Å². The number of fused-ring (bicyclic) bond motifs is 1. The molecular formula is C29H28N4O2. The van der Waals surface area contributed by atoms with E-state index >= 15 is 0 Å². The highest BCUT2D eigenvalue weighted by Gasteiger charge is 2.23. The van der Waals surface area contributed by atoms with E-state index in [-0.39, 0.29) is 11.8 Å². The predicted octanol–water partition coefficient (Wildman–Crippen LogP) is 5.85. The monoisotopic (exact) mass is 464 g/mol. The lowest BCUT2D eigenvalue weighted by molar-refractivity contribution is -0.119. The van der Waals surface area contributed by atoms with Crippen LogP contribution in [0, 0.1) is 6.92 Å². The number of piperidine rings is 1. The van der Waals surface area contributed by atoms with Crippen LogP contribution in [0.1, 0.15) is 36.4 Å². The Morgan fingerprint density at radius 2 is 1.77 bits per heavy atom. The summed E-state index contributed by atoms with van der Waals surface area (Å²) in [6.07, 6.45) is 6.14. The third-order valence-electron chi connectivity index (χ3n) is 6.43. The fourth-order valence-electron chi connectivity index (χ4n) is 4.60. The highest BCUT2D eigenvalue weighted by atomic mass is 16.2. The molecule has 2 amide bonds. The molecule has 2 heterocycles. The first-order valence-electron chi connectivity index (χ1n) is 12.0. The summed E-state index contributed by atoms with van der Waals surface area (Å²) in [5.41, 5.74) is 4.30. The van der Waals surface area contributed by atoms with Crippen molar-refractivity contribution >= 4 is 39.6 Å². The van der Waals surface area contributed by atoms with E-state index in [0.717, 1.165) is 52.7 Å². The van der Waals surface area contributed by atoms with Crippen molar-refractivity contribution in [2.75, 3.05) is 22.1 Å². The van der Waals surface area contributed by atoms with Crippen LogP contribution >= 0.6 is 0 Å². The summed E-state index contributed by atoms with van der Waals surface area (Å²) in [6.45, 7) is 2.72. The van der Waals surface area contributed by atoms with Gasteiger partial charge in [-0.05, 0) is 72.7 Å². The maximum atomic E-state index is 13.5. The maximum absolute atomic E-state index is 13.5. The molecule has 5 rings (SSSR count). The summed E-state index contributed by atoms with van der Waals surface area (Å²) >= 11 is 0. The second-order valence-electron chi connectivity index (χ2n) is 8.92. The average Bonchev–Trinajstić information content (AvgIpc) is 2.88. The zero-order chi connectivity index (χ0) is 24.2. The van der Waals surface area contributed by atoms with Gasteiger partial charge in [0.15, 0.2) is 0 Å². The largest absolute Gasteiger partial charge is 0.370 e. The van der Waals surface area contributed by atoms with E-state index in [1.165, 1.54) is 0 Å². The van der Waals surface area contributed by atoms with Crippen molar-refractivity contribution in [2.24, 2.45) is 0 Å². The lowest BCUT2D eigenvalue weighted by atomic mass is 10.0. The molecule has 4 aromatic rings. The van der Waals surface area contributed by atoms with Gasteiger partial charge < -0.3 is 15.5 Å². The predicted molar refractivity (Wildman–Crippen MR) is 141 cm³/mol. The minimum atomic E-state index is -0.584. The summed E-state index contributed by atoms with van der Waals surface area (Å²) in [7, 11) is 0. The van der Waals surface area contributed by atoms with Crippen molar-refractivity contribution in [3.8, 4) is 0 Å². The van der Waals surface area contributed by atoms with Crippen LogP contribution in [0.15, 0.2) is 85.2 Å². The van der Waals surface area contributed by atoms with Gasteiger partial charge in [-0.25, -0.2) is 0 Å². The molecule has 176 valence electrons. The summed E-state index contributed by atoms with van der Waals surface area (Å²) in [5.74, 6) is 0.00266. The van der Waals surface area contributed by atoms with Crippen LogP contribution in [0.4, 0.5) is 17.1 Å². The second-order valence-corrected chi connectivity index (χ2v) is 8.92. The Morgan fingerprint density at radius 3 is 2.57 bits per heavy atom. The number of carbonyl (C=O) groups excluding carboxylic acids is 2.